The Balaban J connectivity index is 2.23. The zero-order chi connectivity index (χ0) is 15.5. The van der Waals surface area contributed by atoms with Crippen molar-refractivity contribution < 1.29 is 8.42 Å². The lowest BCUT2D eigenvalue weighted by atomic mass is 9.88. The van der Waals surface area contributed by atoms with Gasteiger partial charge < -0.3 is 5.32 Å². The van der Waals surface area contributed by atoms with E-state index in [1.807, 2.05) is 19.1 Å². The van der Waals surface area contributed by atoms with Crippen LogP contribution in [-0.4, -0.2) is 21.0 Å². The normalized spacial score (nSPS) is 21.6. The third-order valence-corrected chi connectivity index (χ3v) is 5.95. The molecular weight excluding hydrogens is 284 g/mol. The highest BCUT2D eigenvalue weighted by Gasteiger charge is 2.37. The summed E-state index contributed by atoms with van der Waals surface area (Å²) >= 11 is 0. The molecule has 0 heterocycles. The van der Waals surface area contributed by atoms with Gasteiger partial charge in [0.25, 0.3) is 0 Å². The summed E-state index contributed by atoms with van der Waals surface area (Å²) in [5.41, 5.74) is 0.853. The van der Waals surface area contributed by atoms with E-state index in [0.29, 0.717) is 11.4 Å². The zero-order valence-electron chi connectivity index (χ0n) is 13.1. The average molecular weight is 310 g/mol. The third kappa shape index (κ3) is 3.84. The molecule has 0 radical (unpaired) electrons. The van der Waals surface area contributed by atoms with Gasteiger partial charge in [0.1, 0.15) is 0 Å². The molecular formula is C16H26N2O2S. The Kier molecular flexibility index (Phi) is 5.07. The number of hydrogen-bond acceptors (Lipinski definition) is 3. The zero-order valence-corrected chi connectivity index (χ0v) is 14.0. The van der Waals surface area contributed by atoms with Crippen LogP contribution in [0.3, 0.4) is 0 Å². The van der Waals surface area contributed by atoms with E-state index in [0.717, 1.165) is 31.4 Å². The van der Waals surface area contributed by atoms with Crippen molar-refractivity contribution in [1.29, 1.82) is 0 Å². The SMILES string of the molecule is CCNCc1ccccc1S(=O)(=O)NC1CCCC1(C)C. The molecule has 0 aromatic heterocycles. The van der Waals surface area contributed by atoms with E-state index in [1.165, 1.54) is 0 Å². The molecule has 4 nitrogen and oxygen atoms in total. The van der Waals surface area contributed by atoms with Gasteiger partial charge in [-0.15, -0.1) is 0 Å². The molecule has 118 valence electrons. The van der Waals surface area contributed by atoms with Gasteiger partial charge >= 0.3 is 0 Å². The first kappa shape index (κ1) is 16.5. The van der Waals surface area contributed by atoms with Crippen LogP contribution in [0.5, 0.6) is 0 Å². The molecule has 2 rings (SSSR count). The fraction of sp³-hybridized carbons (Fsp3) is 0.625. The van der Waals surface area contributed by atoms with E-state index < -0.39 is 10.0 Å². The molecule has 1 aromatic rings. The summed E-state index contributed by atoms with van der Waals surface area (Å²) in [5, 5.41) is 3.19. The van der Waals surface area contributed by atoms with Crippen LogP contribution in [0.2, 0.25) is 0 Å². The van der Waals surface area contributed by atoms with Crippen LogP contribution < -0.4 is 10.0 Å². The molecule has 0 aliphatic heterocycles. The van der Waals surface area contributed by atoms with Crippen molar-refractivity contribution in [2.24, 2.45) is 5.41 Å². The Morgan fingerprint density at radius 2 is 2.00 bits per heavy atom. The molecule has 1 unspecified atom stereocenters. The molecule has 0 spiro atoms. The fourth-order valence-corrected chi connectivity index (χ4v) is 4.65. The smallest absolute Gasteiger partial charge is 0.241 e. The van der Waals surface area contributed by atoms with Crippen molar-refractivity contribution in [3.05, 3.63) is 29.8 Å². The number of hydrogen-bond donors (Lipinski definition) is 2. The number of rotatable bonds is 6. The van der Waals surface area contributed by atoms with Gasteiger partial charge in [0, 0.05) is 12.6 Å². The first-order valence-electron chi connectivity index (χ1n) is 7.68. The van der Waals surface area contributed by atoms with E-state index in [1.54, 1.807) is 12.1 Å². The van der Waals surface area contributed by atoms with Gasteiger partial charge in [0.05, 0.1) is 4.90 Å². The molecule has 1 aliphatic carbocycles. The summed E-state index contributed by atoms with van der Waals surface area (Å²) < 4.78 is 28.4. The van der Waals surface area contributed by atoms with Crippen molar-refractivity contribution in [1.82, 2.24) is 10.0 Å². The maximum Gasteiger partial charge on any atom is 0.241 e. The number of benzene rings is 1. The molecule has 1 fully saturated rings. The summed E-state index contributed by atoms with van der Waals surface area (Å²) in [6.45, 7) is 7.67. The minimum atomic E-state index is -3.47. The summed E-state index contributed by atoms with van der Waals surface area (Å²) in [6, 6.07) is 7.25. The first-order chi connectivity index (χ1) is 9.87. The van der Waals surface area contributed by atoms with Crippen LogP contribution in [0.15, 0.2) is 29.2 Å². The highest BCUT2D eigenvalue weighted by molar-refractivity contribution is 7.89. The van der Waals surface area contributed by atoms with Gasteiger partial charge in [-0.1, -0.05) is 45.4 Å². The van der Waals surface area contributed by atoms with E-state index >= 15 is 0 Å². The lowest BCUT2D eigenvalue weighted by Gasteiger charge is -2.28. The van der Waals surface area contributed by atoms with Gasteiger partial charge in [-0.3, -0.25) is 0 Å². The van der Waals surface area contributed by atoms with Gasteiger partial charge in [0.15, 0.2) is 0 Å². The quantitative estimate of drug-likeness (QED) is 0.849. The average Bonchev–Trinajstić information content (AvgIpc) is 2.75. The Bertz CT molecular complexity index is 582. The topological polar surface area (TPSA) is 58.2 Å². The molecule has 0 saturated heterocycles. The first-order valence-corrected chi connectivity index (χ1v) is 9.16. The Morgan fingerprint density at radius 3 is 2.62 bits per heavy atom. The Labute approximate surface area is 128 Å². The third-order valence-electron chi connectivity index (χ3n) is 4.38. The fourth-order valence-electron chi connectivity index (χ4n) is 2.97. The van der Waals surface area contributed by atoms with Crippen LogP contribution >= 0.6 is 0 Å². The minimum absolute atomic E-state index is 0.0229. The predicted octanol–water partition coefficient (Wildman–Crippen LogP) is 2.65. The molecule has 2 N–H and O–H groups in total. The van der Waals surface area contributed by atoms with Gasteiger partial charge in [-0.2, -0.15) is 0 Å². The van der Waals surface area contributed by atoms with Crippen molar-refractivity contribution in [2.75, 3.05) is 6.54 Å². The minimum Gasteiger partial charge on any atom is -0.313 e. The summed E-state index contributed by atoms with van der Waals surface area (Å²) in [6.07, 6.45) is 3.07. The van der Waals surface area contributed by atoms with Crippen molar-refractivity contribution in [3.8, 4) is 0 Å². The largest absolute Gasteiger partial charge is 0.313 e. The molecule has 1 saturated carbocycles. The van der Waals surface area contributed by atoms with E-state index in [2.05, 4.69) is 23.9 Å². The van der Waals surface area contributed by atoms with Crippen molar-refractivity contribution >= 4 is 10.0 Å². The highest BCUT2D eigenvalue weighted by Crippen LogP contribution is 2.38. The summed E-state index contributed by atoms with van der Waals surface area (Å²) in [4.78, 5) is 0.397. The lowest BCUT2D eigenvalue weighted by molar-refractivity contribution is 0.313. The molecule has 1 atom stereocenters. The van der Waals surface area contributed by atoms with E-state index in [-0.39, 0.29) is 11.5 Å². The summed E-state index contributed by atoms with van der Waals surface area (Å²) in [7, 11) is -3.47. The summed E-state index contributed by atoms with van der Waals surface area (Å²) in [5.74, 6) is 0. The van der Waals surface area contributed by atoms with E-state index in [9.17, 15) is 8.42 Å². The second kappa shape index (κ2) is 6.46. The molecule has 1 aromatic carbocycles. The molecule has 1 aliphatic rings. The lowest BCUT2D eigenvalue weighted by Crippen LogP contribution is -2.41. The van der Waals surface area contributed by atoms with Crippen molar-refractivity contribution in [2.45, 2.75) is 57.5 Å². The molecule has 0 bridgehead atoms. The van der Waals surface area contributed by atoms with Crippen LogP contribution in [0.25, 0.3) is 0 Å². The molecule has 5 heteroatoms. The van der Waals surface area contributed by atoms with Crippen LogP contribution in [-0.2, 0) is 16.6 Å². The Hall–Kier alpha value is -0.910. The second-order valence-electron chi connectivity index (χ2n) is 6.44. The molecule has 0 amide bonds. The van der Waals surface area contributed by atoms with Gasteiger partial charge in [-0.25, -0.2) is 13.1 Å². The van der Waals surface area contributed by atoms with Gasteiger partial charge in [-0.05, 0) is 36.4 Å². The van der Waals surface area contributed by atoms with Gasteiger partial charge in [0.2, 0.25) is 10.0 Å². The van der Waals surface area contributed by atoms with Crippen LogP contribution in [0.4, 0.5) is 0 Å². The van der Waals surface area contributed by atoms with Crippen molar-refractivity contribution in [3.63, 3.8) is 0 Å². The van der Waals surface area contributed by atoms with Crippen LogP contribution in [0, 0.1) is 5.41 Å². The predicted molar refractivity (Wildman–Crippen MR) is 85.6 cm³/mol. The maximum absolute atomic E-state index is 12.7. The maximum atomic E-state index is 12.7. The molecule has 21 heavy (non-hydrogen) atoms. The monoisotopic (exact) mass is 310 g/mol. The number of sulfonamides is 1. The standard InChI is InChI=1S/C16H26N2O2S/c1-4-17-12-13-8-5-6-9-14(13)21(19,20)18-15-10-7-11-16(15,2)3/h5-6,8-9,15,17-18H,4,7,10-12H2,1-3H3. The van der Waals surface area contributed by atoms with Crippen LogP contribution in [0.1, 0.15) is 45.6 Å². The highest BCUT2D eigenvalue weighted by atomic mass is 32.2. The number of nitrogens with one attached hydrogen (secondary N) is 2. The van der Waals surface area contributed by atoms with E-state index in [4.69, 9.17) is 0 Å². The Morgan fingerprint density at radius 1 is 1.29 bits per heavy atom. The second-order valence-corrected chi connectivity index (χ2v) is 8.13.